The van der Waals surface area contributed by atoms with Gasteiger partial charge < -0.3 is 10.1 Å². The number of non-ortho nitro benzene ring substituents is 1. The number of hydrogen-bond acceptors (Lipinski definition) is 7. The SMILES string of the molecule is O=C(COc1ccccc1/C=C1\C(=O)NC(=O)N(c2cccc([N+](=O)[O-])c2)C1=O)Nc1ccccc1. The number of barbiturate groups is 1. The van der Waals surface area contributed by atoms with Crippen LogP contribution in [0.2, 0.25) is 0 Å². The number of nitrogens with zero attached hydrogens (tertiary/aromatic N) is 2. The fourth-order valence-corrected chi connectivity index (χ4v) is 3.39. The van der Waals surface area contributed by atoms with E-state index in [1.54, 1.807) is 48.5 Å². The summed E-state index contributed by atoms with van der Waals surface area (Å²) < 4.78 is 5.60. The zero-order valence-corrected chi connectivity index (χ0v) is 18.5. The summed E-state index contributed by atoms with van der Waals surface area (Å²) in [7, 11) is 0. The zero-order valence-electron chi connectivity index (χ0n) is 18.5. The first kappa shape index (κ1) is 23.8. The van der Waals surface area contributed by atoms with Crippen molar-refractivity contribution in [2.24, 2.45) is 0 Å². The molecule has 11 heteroatoms. The van der Waals surface area contributed by atoms with Gasteiger partial charge in [-0.1, -0.05) is 42.5 Å². The second-order valence-corrected chi connectivity index (χ2v) is 7.48. The molecule has 3 aromatic carbocycles. The summed E-state index contributed by atoms with van der Waals surface area (Å²) in [6.07, 6.45) is 1.22. The third kappa shape index (κ3) is 5.25. The van der Waals surface area contributed by atoms with Crippen LogP contribution >= 0.6 is 0 Å². The van der Waals surface area contributed by atoms with Crippen molar-refractivity contribution in [1.82, 2.24) is 5.32 Å². The Balaban J connectivity index is 1.57. The number of nitrogens with one attached hydrogen (secondary N) is 2. The maximum Gasteiger partial charge on any atom is 0.335 e. The highest BCUT2D eigenvalue weighted by molar-refractivity contribution is 6.39. The van der Waals surface area contributed by atoms with Crippen molar-refractivity contribution in [3.63, 3.8) is 0 Å². The van der Waals surface area contributed by atoms with Gasteiger partial charge >= 0.3 is 6.03 Å². The van der Waals surface area contributed by atoms with Gasteiger partial charge in [0.1, 0.15) is 11.3 Å². The molecule has 11 nitrogen and oxygen atoms in total. The minimum absolute atomic E-state index is 0.0766. The molecule has 1 aliphatic rings. The van der Waals surface area contributed by atoms with E-state index in [0.29, 0.717) is 16.2 Å². The van der Waals surface area contributed by atoms with Crippen LogP contribution in [0.15, 0.2) is 84.4 Å². The van der Waals surface area contributed by atoms with E-state index < -0.39 is 34.2 Å². The first-order valence-corrected chi connectivity index (χ1v) is 10.6. The number of carbonyl (C=O) groups excluding carboxylic acids is 4. The van der Waals surface area contributed by atoms with Crippen LogP contribution in [0.4, 0.5) is 21.9 Å². The number of hydrogen-bond donors (Lipinski definition) is 2. The molecule has 0 spiro atoms. The monoisotopic (exact) mass is 486 g/mol. The maximum atomic E-state index is 13.1. The lowest BCUT2D eigenvalue weighted by molar-refractivity contribution is -0.384. The lowest BCUT2D eigenvalue weighted by Gasteiger charge is -2.26. The quantitative estimate of drug-likeness (QED) is 0.225. The van der Waals surface area contributed by atoms with Crippen molar-refractivity contribution in [3.05, 3.63) is 100 Å². The van der Waals surface area contributed by atoms with Crippen molar-refractivity contribution >= 4 is 46.9 Å². The Morgan fingerprint density at radius 2 is 1.72 bits per heavy atom. The standard InChI is InChI=1S/C25H18N4O7/c30-22(26-17-8-2-1-3-9-17)15-36-21-12-5-4-7-16(21)13-20-23(31)27-25(33)28(24(20)32)18-10-6-11-19(14-18)29(34)35/h1-14H,15H2,(H,26,30)(H,27,31,33)/b20-13+. The van der Waals surface area contributed by atoms with E-state index in [4.69, 9.17) is 4.74 Å². The number of para-hydroxylation sites is 2. The number of amides is 5. The van der Waals surface area contributed by atoms with Crippen LogP contribution < -0.4 is 20.3 Å². The molecule has 2 N–H and O–H groups in total. The van der Waals surface area contributed by atoms with Crippen molar-refractivity contribution in [3.8, 4) is 5.75 Å². The third-order valence-electron chi connectivity index (χ3n) is 5.04. The number of rotatable bonds is 7. The average Bonchev–Trinajstić information content (AvgIpc) is 2.86. The summed E-state index contributed by atoms with van der Waals surface area (Å²) in [6, 6.07) is 19.1. The number of ether oxygens (including phenoxy) is 1. The number of carbonyl (C=O) groups is 4. The molecule has 3 aromatic rings. The molecule has 0 bridgehead atoms. The maximum absolute atomic E-state index is 13.1. The fourth-order valence-electron chi connectivity index (χ4n) is 3.39. The van der Waals surface area contributed by atoms with Gasteiger partial charge in [-0.25, -0.2) is 9.69 Å². The van der Waals surface area contributed by atoms with E-state index in [2.05, 4.69) is 10.6 Å². The van der Waals surface area contributed by atoms with E-state index in [0.717, 1.165) is 6.07 Å². The number of anilines is 2. The Morgan fingerprint density at radius 1 is 1.00 bits per heavy atom. The molecular formula is C25H18N4O7. The molecule has 1 fully saturated rings. The van der Waals surface area contributed by atoms with E-state index in [1.165, 1.54) is 24.3 Å². The number of benzene rings is 3. The Labute approximate surface area is 204 Å². The molecule has 1 saturated heterocycles. The normalized spacial score (nSPS) is 14.4. The molecule has 0 saturated carbocycles. The summed E-state index contributed by atoms with van der Waals surface area (Å²) in [5.74, 6) is -2.12. The van der Waals surface area contributed by atoms with Gasteiger partial charge in [-0.3, -0.25) is 29.8 Å². The molecule has 1 heterocycles. The largest absolute Gasteiger partial charge is 0.483 e. The highest BCUT2D eigenvalue weighted by Crippen LogP contribution is 2.27. The summed E-state index contributed by atoms with van der Waals surface area (Å²) >= 11 is 0. The summed E-state index contributed by atoms with van der Waals surface area (Å²) in [6.45, 7) is -0.340. The first-order valence-electron chi connectivity index (χ1n) is 10.6. The number of imide groups is 2. The lowest BCUT2D eigenvalue weighted by Crippen LogP contribution is -2.54. The highest BCUT2D eigenvalue weighted by atomic mass is 16.6. The summed E-state index contributed by atoms with van der Waals surface area (Å²) in [5.41, 5.74) is 0.0925. The predicted molar refractivity (Wildman–Crippen MR) is 129 cm³/mol. The van der Waals surface area contributed by atoms with Crippen molar-refractivity contribution in [2.75, 3.05) is 16.8 Å². The second-order valence-electron chi connectivity index (χ2n) is 7.48. The van der Waals surface area contributed by atoms with Gasteiger partial charge in [0.15, 0.2) is 6.61 Å². The van der Waals surface area contributed by atoms with E-state index in [-0.39, 0.29) is 23.7 Å². The first-order chi connectivity index (χ1) is 17.3. The van der Waals surface area contributed by atoms with Crippen LogP contribution in [0.5, 0.6) is 5.75 Å². The van der Waals surface area contributed by atoms with Gasteiger partial charge in [0, 0.05) is 23.4 Å². The Kier molecular flexibility index (Phi) is 6.82. The van der Waals surface area contributed by atoms with Gasteiger partial charge in [0.25, 0.3) is 23.4 Å². The molecule has 1 aliphatic heterocycles. The molecule has 5 amide bonds. The summed E-state index contributed by atoms with van der Waals surface area (Å²) in [5, 5.41) is 15.8. The number of nitro benzene ring substituents is 1. The van der Waals surface area contributed by atoms with Gasteiger partial charge in [0.05, 0.1) is 10.6 Å². The van der Waals surface area contributed by atoms with E-state index in [1.807, 2.05) is 6.07 Å². The van der Waals surface area contributed by atoms with Gasteiger partial charge in [-0.2, -0.15) is 0 Å². The fraction of sp³-hybridized carbons (Fsp3) is 0.0400. The van der Waals surface area contributed by atoms with Crippen molar-refractivity contribution in [2.45, 2.75) is 0 Å². The van der Waals surface area contributed by atoms with Crippen molar-refractivity contribution in [1.29, 1.82) is 0 Å². The van der Waals surface area contributed by atoms with Gasteiger partial charge in [0.2, 0.25) is 0 Å². The van der Waals surface area contributed by atoms with Crippen LogP contribution in [-0.4, -0.2) is 35.3 Å². The topological polar surface area (TPSA) is 148 Å². The highest BCUT2D eigenvalue weighted by Gasteiger charge is 2.37. The lowest BCUT2D eigenvalue weighted by atomic mass is 10.1. The molecular weight excluding hydrogens is 468 g/mol. The van der Waals surface area contributed by atoms with Gasteiger partial charge in [-0.05, 0) is 30.3 Å². The third-order valence-corrected chi connectivity index (χ3v) is 5.04. The minimum Gasteiger partial charge on any atom is -0.483 e. The Hall–Kier alpha value is -5.32. The zero-order chi connectivity index (χ0) is 25.7. The molecule has 0 radical (unpaired) electrons. The van der Waals surface area contributed by atoms with Gasteiger partial charge in [-0.15, -0.1) is 0 Å². The molecule has 0 atom stereocenters. The minimum atomic E-state index is -1.04. The molecule has 180 valence electrons. The molecule has 0 aliphatic carbocycles. The van der Waals surface area contributed by atoms with Crippen LogP contribution in [0.3, 0.4) is 0 Å². The Morgan fingerprint density at radius 3 is 2.47 bits per heavy atom. The Bertz CT molecular complexity index is 1400. The molecule has 0 unspecified atom stereocenters. The predicted octanol–water partition coefficient (Wildman–Crippen LogP) is 3.28. The van der Waals surface area contributed by atoms with Crippen LogP contribution in [0.25, 0.3) is 6.08 Å². The van der Waals surface area contributed by atoms with Crippen LogP contribution in [0, 0.1) is 10.1 Å². The van der Waals surface area contributed by atoms with Crippen molar-refractivity contribution < 1.29 is 28.8 Å². The molecule has 36 heavy (non-hydrogen) atoms. The van der Waals surface area contributed by atoms with E-state index >= 15 is 0 Å². The number of nitro groups is 1. The smallest absolute Gasteiger partial charge is 0.335 e. The average molecular weight is 486 g/mol. The summed E-state index contributed by atoms with van der Waals surface area (Å²) in [4.78, 5) is 61.3. The van der Waals surface area contributed by atoms with Crippen LogP contribution in [0.1, 0.15) is 5.56 Å². The molecule has 0 aromatic heterocycles. The van der Waals surface area contributed by atoms with Crippen LogP contribution in [-0.2, 0) is 14.4 Å². The van der Waals surface area contributed by atoms with E-state index in [9.17, 15) is 29.3 Å². The number of urea groups is 1. The molecule has 4 rings (SSSR count). The second kappa shape index (κ2) is 10.3.